The molecule has 0 amide bonds. The van der Waals surface area contributed by atoms with E-state index < -0.39 is 0 Å². The predicted octanol–water partition coefficient (Wildman–Crippen LogP) is 2.15. The van der Waals surface area contributed by atoms with Crippen molar-refractivity contribution in [2.45, 2.75) is 13.3 Å². The highest BCUT2D eigenvalue weighted by Gasteiger charge is 2.00. The van der Waals surface area contributed by atoms with E-state index in [2.05, 4.69) is 0 Å². The fourth-order valence-electron chi connectivity index (χ4n) is 2.77. The monoisotopic (exact) mass is 546 g/mol. The van der Waals surface area contributed by atoms with E-state index in [0.29, 0.717) is 119 Å². The number of hydrogen-bond donors (Lipinski definition) is 0. The first-order valence-corrected chi connectivity index (χ1v) is 13.3. The minimum Gasteiger partial charge on any atom is -0.491 e. The molecular weight excluding hydrogens is 500 g/mol. The molecule has 0 aromatic heterocycles. The van der Waals surface area contributed by atoms with Crippen molar-refractivity contribution in [1.29, 1.82) is 0 Å². The molecule has 0 atom stereocenters. The molecule has 0 heterocycles. The Balaban J connectivity index is 1.64. The van der Waals surface area contributed by atoms with Crippen LogP contribution in [0.1, 0.15) is 13.3 Å². The average Bonchev–Trinajstić information content (AvgIpc) is 2.93. The number of para-hydroxylation sites is 1. The molecule has 0 N–H and O–H groups in total. The topological polar surface area (TPSA) is 109 Å². The Morgan fingerprint density at radius 3 is 1.21 bits per heavy atom. The number of carbonyl (C=O) groups excluding carboxylic acids is 1. The van der Waals surface area contributed by atoms with Crippen molar-refractivity contribution in [2.75, 3.05) is 119 Å². The molecule has 1 rings (SSSR count). The smallest absolute Gasteiger partial charge is 0.308 e. The summed E-state index contributed by atoms with van der Waals surface area (Å²) in [5, 5.41) is 0. The molecule has 0 radical (unpaired) electrons. The average molecular weight is 547 g/mol. The Labute approximate surface area is 226 Å². The van der Waals surface area contributed by atoms with E-state index in [-0.39, 0.29) is 12.4 Å². The number of esters is 1. The molecule has 0 unspecified atom stereocenters. The fraction of sp³-hybridized carbons (Fsp3) is 0.741. The van der Waals surface area contributed by atoms with Gasteiger partial charge in [0, 0.05) is 0 Å². The van der Waals surface area contributed by atoms with Gasteiger partial charge in [-0.2, -0.15) is 0 Å². The van der Waals surface area contributed by atoms with Gasteiger partial charge >= 0.3 is 5.97 Å². The zero-order valence-electron chi connectivity index (χ0n) is 22.8. The summed E-state index contributed by atoms with van der Waals surface area (Å²) >= 11 is 0. The van der Waals surface area contributed by atoms with Gasteiger partial charge in [-0.25, -0.2) is 0 Å². The normalized spacial score (nSPS) is 11.1. The third kappa shape index (κ3) is 24.5. The van der Waals surface area contributed by atoms with Crippen LogP contribution in [0.3, 0.4) is 0 Å². The molecule has 0 saturated heterocycles. The van der Waals surface area contributed by atoms with Crippen molar-refractivity contribution in [3.05, 3.63) is 30.3 Å². The highest BCUT2D eigenvalue weighted by Crippen LogP contribution is 2.07. The summed E-state index contributed by atoms with van der Waals surface area (Å²) < 4.78 is 53.7. The molecule has 0 spiro atoms. The Morgan fingerprint density at radius 2 is 0.842 bits per heavy atom. The van der Waals surface area contributed by atoms with Crippen molar-refractivity contribution >= 4 is 5.97 Å². The molecular formula is C27H46O11. The summed E-state index contributed by atoms with van der Waals surface area (Å²) in [4.78, 5) is 11.1. The second-order valence-corrected chi connectivity index (χ2v) is 7.62. The number of rotatable bonds is 29. The number of benzene rings is 1. The van der Waals surface area contributed by atoms with Gasteiger partial charge in [0.1, 0.15) is 12.4 Å². The standard InChI is InChI=1S/C27H46O11/c1-2-37-27(28)8-9-29-10-11-30-12-13-31-14-15-32-16-17-33-18-19-34-20-21-35-22-23-36-24-25-38-26-6-4-3-5-7-26/h3-7H,2,8-25H2,1H3. The van der Waals surface area contributed by atoms with Gasteiger partial charge in [-0.3, -0.25) is 4.79 Å². The van der Waals surface area contributed by atoms with E-state index in [9.17, 15) is 4.79 Å². The van der Waals surface area contributed by atoms with Gasteiger partial charge in [-0.1, -0.05) is 18.2 Å². The first-order chi connectivity index (χ1) is 18.8. The van der Waals surface area contributed by atoms with E-state index >= 15 is 0 Å². The Bertz CT molecular complexity index is 618. The molecule has 220 valence electrons. The molecule has 0 bridgehead atoms. The predicted molar refractivity (Wildman–Crippen MR) is 140 cm³/mol. The van der Waals surface area contributed by atoms with E-state index in [1.165, 1.54) is 0 Å². The highest BCUT2D eigenvalue weighted by molar-refractivity contribution is 5.69. The largest absolute Gasteiger partial charge is 0.491 e. The van der Waals surface area contributed by atoms with Crippen LogP contribution in [0.5, 0.6) is 5.75 Å². The zero-order chi connectivity index (χ0) is 27.2. The van der Waals surface area contributed by atoms with Crippen molar-refractivity contribution < 1.29 is 52.2 Å². The third-order valence-corrected chi connectivity index (χ3v) is 4.60. The summed E-state index contributed by atoms with van der Waals surface area (Å²) in [6.07, 6.45) is 0.260. The van der Waals surface area contributed by atoms with Crippen LogP contribution in [-0.2, 0) is 47.4 Å². The van der Waals surface area contributed by atoms with Crippen LogP contribution < -0.4 is 4.74 Å². The van der Waals surface area contributed by atoms with E-state index in [4.69, 9.17) is 47.4 Å². The van der Waals surface area contributed by atoms with Gasteiger partial charge in [-0.05, 0) is 19.1 Å². The van der Waals surface area contributed by atoms with Crippen LogP contribution in [0.15, 0.2) is 30.3 Å². The molecule has 0 aliphatic rings. The maximum Gasteiger partial charge on any atom is 0.308 e. The summed E-state index contributed by atoms with van der Waals surface area (Å²) in [6, 6.07) is 9.66. The van der Waals surface area contributed by atoms with Crippen LogP contribution in [0.4, 0.5) is 0 Å². The Hall–Kier alpha value is -1.83. The quantitative estimate of drug-likeness (QED) is 0.109. The summed E-state index contributed by atoms with van der Waals surface area (Å²) in [5.41, 5.74) is 0. The highest BCUT2D eigenvalue weighted by atomic mass is 16.6. The van der Waals surface area contributed by atoms with Crippen LogP contribution in [-0.4, -0.2) is 125 Å². The van der Waals surface area contributed by atoms with E-state index in [1.54, 1.807) is 6.92 Å². The number of carbonyl (C=O) groups is 1. The van der Waals surface area contributed by atoms with Crippen LogP contribution >= 0.6 is 0 Å². The maximum atomic E-state index is 11.1. The lowest BCUT2D eigenvalue weighted by Crippen LogP contribution is -2.15. The molecule has 0 aliphatic heterocycles. The van der Waals surface area contributed by atoms with Crippen LogP contribution in [0.25, 0.3) is 0 Å². The summed E-state index contributed by atoms with van der Waals surface area (Å²) in [6.45, 7) is 10.5. The third-order valence-electron chi connectivity index (χ3n) is 4.60. The summed E-state index contributed by atoms with van der Waals surface area (Å²) in [7, 11) is 0. The molecule has 38 heavy (non-hydrogen) atoms. The molecule has 0 fully saturated rings. The molecule has 11 nitrogen and oxygen atoms in total. The second kappa shape index (κ2) is 28.2. The maximum absolute atomic E-state index is 11.1. The van der Waals surface area contributed by atoms with Gasteiger partial charge in [0.15, 0.2) is 0 Å². The van der Waals surface area contributed by atoms with Gasteiger partial charge in [0.05, 0.1) is 119 Å². The second-order valence-electron chi connectivity index (χ2n) is 7.62. The van der Waals surface area contributed by atoms with Crippen molar-refractivity contribution in [3.8, 4) is 5.75 Å². The first kappa shape index (κ1) is 34.2. The van der Waals surface area contributed by atoms with E-state index in [1.807, 2.05) is 30.3 Å². The minimum absolute atomic E-state index is 0.248. The zero-order valence-corrected chi connectivity index (χ0v) is 22.8. The van der Waals surface area contributed by atoms with Gasteiger partial charge < -0.3 is 47.4 Å². The molecule has 0 saturated carbocycles. The molecule has 11 heteroatoms. The van der Waals surface area contributed by atoms with Crippen molar-refractivity contribution in [1.82, 2.24) is 0 Å². The van der Waals surface area contributed by atoms with Crippen LogP contribution in [0, 0.1) is 0 Å². The number of ether oxygens (including phenoxy) is 10. The molecule has 1 aromatic rings. The Morgan fingerprint density at radius 1 is 0.500 bits per heavy atom. The fourth-order valence-corrected chi connectivity index (χ4v) is 2.77. The lowest BCUT2D eigenvalue weighted by atomic mass is 10.3. The van der Waals surface area contributed by atoms with Crippen LogP contribution in [0.2, 0.25) is 0 Å². The first-order valence-electron chi connectivity index (χ1n) is 13.3. The lowest BCUT2D eigenvalue weighted by molar-refractivity contribution is -0.144. The minimum atomic E-state index is -0.248. The van der Waals surface area contributed by atoms with Crippen molar-refractivity contribution in [2.24, 2.45) is 0 Å². The lowest BCUT2D eigenvalue weighted by Gasteiger charge is -2.09. The molecule has 0 aliphatic carbocycles. The summed E-state index contributed by atoms with van der Waals surface area (Å²) in [5.74, 6) is 0.594. The van der Waals surface area contributed by atoms with Gasteiger partial charge in [-0.15, -0.1) is 0 Å². The molecule has 1 aromatic carbocycles. The van der Waals surface area contributed by atoms with E-state index in [0.717, 1.165) is 5.75 Å². The van der Waals surface area contributed by atoms with Crippen molar-refractivity contribution in [3.63, 3.8) is 0 Å². The van der Waals surface area contributed by atoms with Gasteiger partial charge in [0.2, 0.25) is 0 Å². The Kier molecular flexibility index (Phi) is 25.4. The number of hydrogen-bond acceptors (Lipinski definition) is 11. The van der Waals surface area contributed by atoms with Gasteiger partial charge in [0.25, 0.3) is 0 Å². The SMILES string of the molecule is CCOC(=O)CCOCCOCCOCCOCCOCCOCCOCCOCCOc1ccccc1.